The first-order chi connectivity index (χ1) is 8.97. The fourth-order valence-corrected chi connectivity index (χ4v) is 3.49. The summed E-state index contributed by atoms with van der Waals surface area (Å²) in [5, 5.41) is 18.0. The number of nitrogens with zero attached hydrogens (tertiary/aromatic N) is 1. The molecule has 102 valence electrons. The van der Waals surface area contributed by atoms with Crippen LogP contribution in [0.3, 0.4) is 0 Å². The molecule has 0 aliphatic carbocycles. The number of carboxylic acid groups (broad SMARTS) is 2. The van der Waals surface area contributed by atoms with Crippen molar-refractivity contribution in [2.45, 2.75) is 22.6 Å². The van der Waals surface area contributed by atoms with Gasteiger partial charge in [-0.1, -0.05) is 15.9 Å². The Hall–Kier alpha value is -1.21. The van der Waals surface area contributed by atoms with Gasteiger partial charge in [-0.25, -0.2) is 9.59 Å². The number of benzene rings is 1. The molecule has 1 aromatic rings. The molecule has 2 atom stereocenters. The maximum absolute atomic E-state index is 11.0. The zero-order valence-corrected chi connectivity index (χ0v) is 12.2. The molecule has 0 unspecified atom stereocenters. The number of carbonyl (C=O) groups is 2. The molecule has 1 aliphatic heterocycles. The number of thioether (sulfide) groups is 1. The normalized spacial score (nSPS) is 22.5. The second-order valence-corrected chi connectivity index (χ2v) is 6.51. The van der Waals surface area contributed by atoms with Crippen molar-refractivity contribution in [3.63, 3.8) is 0 Å². The quantitative estimate of drug-likeness (QED) is 0.880. The van der Waals surface area contributed by atoms with Crippen LogP contribution >= 0.6 is 27.7 Å². The van der Waals surface area contributed by atoms with Gasteiger partial charge in [0, 0.05) is 21.2 Å². The summed E-state index contributed by atoms with van der Waals surface area (Å²) < 4.78 is 0.971. The SMILES string of the molecule is O=C(O)[C@@H]1C[C@H](Sc2ccc(Br)cc2)CN1C(=O)O. The average molecular weight is 346 g/mol. The molecule has 2 N–H and O–H groups in total. The van der Waals surface area contributed by atoms with Gasteiger partial charge >= 0.3 is 12.1 Å². The molecule has 1 saturated heterocycles. The lowest BCUT2D eigenvalue weighted by molar-refractivity contribution is -0.141. The van der Waals surface area contributed by atoms with Crippen molar-refractivity contribution in [3.8, 4) is 0 Å². The zero-order valence-electron chi connectivity index (χ0n) is 9.82. The Balaban J connectivity index is 2.05. The van der Waals surface area contributed by atoms with Crippen molar-refractivity contribution >= 4 is 39.8 Å². The predicted molar refractivity (Wildman–Crippen MR) is 74.6 cm³/mol. The van der Waals surface area contributed by atoms with Crippen molar-refractivity contribution in [3.05, 3.63) is 28.7 Å². The molecule has 19 heavy (non-hydrogen) atoms. The van der Waals surface area contributed by atoms with Crippen LogP contribution in [0.15, 0.2) is 33.6 Å². The van der Waals surface area contributed by atoms with Crippen LogP contribution in [-0.4, -0.2) is 45.0 Å². The van der Waals surface area contributed by atoms with Crippen LogP contribution in [0.25, 0.3) is 0 Å². The van der Waals surface area contributed by atoms with Crippen molar-refractivity contribution in [1.82, 2.24) is 4.90 Å². The van der Waals surface area contributed by atoms with E-state index in [2.05, 4.69) is 15.9 Å². The first-order valence-electron chi connectivity index (χ1n) is 5.62. The van der Waals surface area contributed by atoms with Crippen molar-refractivity contribution in [2.75, 3.05) is 6.54 Å². The number of aliphatic carboxylic acids is 1. The van der Waals surface area contributed by atoms with Gasteiger partial charge in [0.25, 0.3) is 0 Å². The van der Waals surface area contributed by atoms with E-state index in [1.54, 1.807) is 0 Å². The van der Waals surface area contributed by atoms with Crippen LogP contribution in [0.5, 0.6) is 0 Å². The molecule has 0 radical (unpaired) electrons. The summed E-state index contributed by atoms with van der Waals surface area (Å²) in [5.74, 6) is -1.08. The summed E-state index contributed by atoms with van der Waals surface area (Å²) >= 11 is 4.86. The Morgan fingerprint density at radius 1 is 1.26 bits per heavy atom. The van der Waals surface area contributed by atoms with E-state index in [0.717, 1.165) is 14.3 Å². The molecule has 5 nitrogen and oxygen atoms in total. The molecule has 1 heterocycles. The number of rotatable bonds is 3. The Morgan fingerprint density at radius 2 is 1.89 bits per heavy atom. The molecule has 1 fully saturated rings. The first-order valence-corrected chi connectivity index (χ1v) is 7.29. The highest BCUT2D eigenvalue weighted by molar-refractivity contribution is 9.10. The van der Waals surface area contributed by atoms with Gasteiger partial charge in [0.1, 0.15) is 6.04 Å². The highest BCUT2D eigenvalue weighted by Gasteiger charge is 2.40. The van der Waals surface area contributed by atoms with Gasteiger partial charge in [0.2, 0.25) is 0 Å². The Labute approximate surface area is 122 Å². The van der Waals surface area contributed by atoms with Crippen molar-refractivity contribution in [2.24, 2.45) is 0 Å². The molecule has 1 aromatic carbocycles. The molecule has 1 aliphatic rings. The highest BCUT2D eigenvalue weighted by Crippen LogP contribution is 2.33. The van der Waals surface area contributed by atoms with E-state index < -0.39 is 18.1 Å². The lowest BCUT2D eigenvalue weighted by Gasteiger charge is -2.16. The third-order valence-corrected chi connectivity index (χ3v) is 4.66. The van der Waals surface area contributed by atoms with Crippen LogP contribution < -0.4 is 0 Å². The van der Waals surface area contributed by atoms with E-state index >= 15 is 0 Å². The lowest BCUT2D eigenvalue weighted by atomic mass is 10.2. The van der Waals surface area contributed by atoms with E-state index in [0.29, 0.717) is 6.42 Å². The minimum Gasteiger partial charge on any atom is -0.480 e. The topological polar surface area (TPSA) is 77.8 Å². The van der Waals surface area contributed by atoms with Crippen molar-refractivity contribution < 1.29 is 19.8 Å². The smallest absolute Gasteiger partial charge is 0.408 e. The summed E-state index contributed by atoms with van der Waals surface area (Å²) in [6.07, 6.45) is -0.839. The van der Waals surface area contributed by atoms with Gasteiger partial charge in [-0.15, -0.1) is 11.8 Å². The molecular formula is C12H12BrNO4S. The van der Waals surface area contributed by atoms with Gasteiger partial charge in [-0.05, 0) is 30.7 Å². The second kappa shape index (κ2) is 5.83. The fourth-order valence-electron chi connectivity index (χ4n) is 2.03. The standard InChI is InChI=1S/C12H12BrNO4S/c13-7-1-3-8(4-2-7)19-9-5-10(11(15)16)14(6-9)12(17)18/h1-4,9-10H,5-6H2,(H,15,16)(H,17,18)/t9-,10-/m0/s1. The summed E-state index contributed by atoms with van der Waals surface area (Å²) in [6, 6.07) is 6.72. The molecule has 0 bridgehead atoms. The molecular weight excluding hydrogens is 334 g/mol. The number of hydrogen-bond acceptors (Lipinski definition) is 3. The summed E-state index contributed by atoms with van der Waals surface area (Å²) in [6.45, 7) is 0.243. The summed E-state index contributed by atoms with van der Waals surface area (Å²) in [4.78, 5) is 24.0. The number of hydrogen-bond donors (Lipinski definition) is 2. The van der Waals surface area contributed by atoms with E-state index in [-0.39, 0.29) is 11.8 Å². The lowest BCUT2D eigenvalue weighted by Crippen LogP contribution is -2.39. The molecule has 0 spiro atoms. The third-order valence-electron chi connectivity index (χ3n) is 2.91. The van der Waals surface area contributed by atoms with Crippen LogP contribution in [0.1, 0.15) is 6.42 Å². The predicted octanol–water partition coefficient (Wildman–Crippen LogP) is 2.75. The number of amides is 1. The van der Waals surface area contributed by atoms with Gasteiger partial charge < -0.3 is 10.2 Å². The third kappa shape index (κ3) is 3.42. The maximum Gasteiger partial charge on any atom is 0.408 e. The Kier molecular flexibility index (Phi) is 4.36. The molecule has 0 saturated carbocycles. The molecule has 0 aromatic heterocycles. The maximum atomic E-state index is 11.0. The minimum atomic E-state index is -1.17. The largest absolute Gasteiger partial charge is 0.480 e. The molecule has 2 rings (SSSR count). The summed E-state index contributed by atoms with van der Waals surface area (Å²) in [5.41, 5.74) is 0. The number of carboxylic acids is 1. The highest BCUT2D eigenvalue weighted by atomic mass is 79.9. The van der Waals surface area contributed by atoms with Crippen LogP contribution in [0, 0.1) is 0 Å². The summed E-state index contributed by atoms with van der Waals surface area (Å²) in [7, 11) is 0. The fraction of sp³-hybridized carbons (Fsp3) is 0.333. The van der Waals surface area contributed by atoms with Gasteiger partial charge in [-0.3, -0.25) is 4.90 Å². The van der Waals surface area contributed by atoms with E-state index in [1.165, 1.54) is 11.8 Å². The van der Waals surface area contributed by atoms with Crippen LogP contribution in [0.4, 0.5) is 4.79 Å². The zero-order chi connectivity index (χ0) is 14.0. The van der Waals surface area contributed by atoms with Crippen molar-refractivity contribution in [1.29, 1.82) is 0 Å². The van der Waals surface area contributed by atoms with Gasteiger partial charge in [0.05, 0.1) is 0 Å². The van der Waals surface area contributed by atoms with E-state index in [1.807, 2.05) is 24.3 Å². The first kappa shape index (κ1) is 14.2. The number of halogens is 1. The monoisotopic (exact) mass is 345 g/mol. The van der Waals surface area contributed by atoms with Crippen LogP contribution in [-0.2, 0) is 4.79 Å². The van der Waals surface area contributed by atoms with Crippen LogP contribution in [0.2, 0.25) is 0 Å². The number of likely N-dealkylation sites (tertiary alicyclic amines) is 1. The Bertz CT molecular complexity index is 471. The molecule has 7 heteroatoms. The van der Waals surface area contributed by atoms with E-state index in [4.69, 9.17) is 10.2 Å². The Morgan fingerprint density at radius 3 is 2.37 bits per heavy atom. The molecule has 1 amide bonds. The second-order valence-electron chi connectivity index (χ2n) is 4.22. The minimum absolute atomic E-state index is 0.0293. The average Bonchev–Trinajstić information content (AvgIpc) is 2.76. The van der Waals surface area contributed by atoms with Gasteiger partial charge in [-0.2, -0.15) is 0 Å². The van der Waals surface area contributed by atoms with E-state index in [9.17, 15) is 9.59 Å². The van der Waals surface area contributed by atoms with Gasteiger partial charge in [0.15, 0.2) is 0 Å².